The Hall–Kier alpha value is -3.23. The molecule has 0 radical (unpaired) electrons. The molecule has 0 unspecified atom stereocenters. The number of carbonyl (C=O) groups is 1. The predicted octanol–water partition coefficient (Wildman–Crippen LogP) is 2.84. The summed E-state index contributed by atoms with van der Waals surface area (Å²) in [5, 5.41) is 10.2. The minimum atomic E-state index is -4.58. The fourth-order valence-electron chi connectivity index (χ4n) is 2.43. The van der Waals surface area contributed by atoms with Gasteiger partial charge in [0.25, 0.3) is 5.56 Å². The van der Waals surface area contributed by atoms with Gasteiger partial charge in [0.15, 0.2) is 0 Å². The number of fused-ring (bicyclic) bond motifs is 1. The predicted molar refractivity (Wildman–Crippen MR) is 88.5 cm³/mol. The molecule has 3 rings (SSSR count). The lowest BCUT2D eigenvalue weighted by Crippen LogP contribution is -2.27. The van der Waals surface area contributed by atoms with E-state index in [-0.39, 0.29) is 18.7 Å². The Morgan fingerprint density at radius 1 is 1.08 bits per heavy atom. The van der Waals surface area contributed by atoms with Gasteiger partial charge in [-0.05, 0) is 24.3 Å². The second kappa shape index (κ2) is 6.95. The number of hydrogen-bond acceptors (Lipinski definition) is 4. The number of alkyl halides is 3. The normalized spacial score (nSPS) is 11.5. The highest BCUT2D eigenvalue weighted by Gasteiger charge is 2.33. The third-order valence-electron chi connectivity index (χ3n) is 3.69. The van der Waals surface area contributed by atoms with Crippen LogP contribution in [0.3, 0.4) is 0 Å². The van der Waals surface area contributed by atoms with Gasteiger partial charge >= 0.3 is 6.18 Å². The van der Waals surface area contributed by atoms with Crippen LogP contribution in [0.4, 0.5) is 18.9 Å². The molecule has 9 heteroatoms. The molecule has 0 spiro atoms. The van der Waals surface area contributed by atoms with E-state index in [9.17, 15) is 22.8 Å². The Labute approximate surface area is 145 Å². The van der Waals surface area contributed by atoms with Crippen molar-refractivity contribution in [2.45, 2.75) is 19.1 Å². The third kappa shape index (κ3) is 3.71. The molecule has 6 nitrogen and oxygen atoms in total. The Morgan fingerprint density at radius 3 is 2.54 bits per heavy atom. The van der Waals surface area contributed by atoms with Crippen molar-refractivity contribution >= 4 is 22.5 Å². The minimum Gasteiger partial charge on any atom is -0.325 e. The fourth-order valence-corrected chi connectivity index (χ4v) is 2.43. The van der Waals surface area contributed by atoms with Crippen molar-refractivity contribution < 1.29 is 18.0 Å². The number of nitrogens with one attached hydrogen (secondary N) is 1. The number of para-hydroxylation sites is 1. The van der Waals surface area contributed by atoms with E-state index in [1.54, 1.807) is 24.3 Å². The topological polar surface area (TPSA) is 76.9 Å². The number of amides is 1. The van der Waals surface area contributed by atoms with Gasteiger partial charge in [0.2, 0.25) is 5.91 Å². The lowest BCUT2D eigenvalue weighted by molar-refractivity contribution is -0.137. The second-order valence-electron chi connectivity index (χ2n) is 5.48. The van der Waals surface area contributed by atoms with Gasteiger partial charge in [-0.25, -0.2) is 4.68 Å². The largest absolute Gasteiger partial charge is 0.418 e. The molecule has 0 aliphatic carbocycles. The Kier molecular flexibility index (Phi) is 4.70. The molecule has 0 bridgehead atoms. The van der Waals surface area contributed by atoms with Gasteiger partial charge in [-0.15, -0.1) is 5.10 Å². The van der Waals surface area contributed by atoms with E-state index in [1.807, 2.05) is 0 Å². The first-order chi connectivity index (χ1) is 12.4. The molecule has 0 aliphatic heterocycles. The van der Waals surface area contributed by atoms with Gasteiger partial charge < -0.3 is 5.32 Å². The summed E-state index contributed by atoms with van der Waals surface area (Å²) in [5.41, 5.74) is -1.26. The highest BCUT2D eigenvalue weighted by atomic mass is 19.4. The van der Waals surface area contributed by atoms with Crippen molar-refractivity contribution in [2.75, 3.05) is 5.32 Å². The maximum absolute atomic E-state index is 12.9. The second-order valence-corrected chi connectivity index (χ2v) is 5.48. The number of anilines is 1. The molecule has 1 amide bonds. The number of carbonyl (C=O) groups excluding carboxylic acids is 1. The number of aromatic nitrogens is 3. The number of rotatable bonds is 4. The first-order valence-corrected chi connectivity index (χ1v) is 7.65. The summed E-state index contributed by atoms with van der Waals surface area (Å²) in [6.07, 6.45) is -4.80. The summed E-state index contributed by atoms with van der Waals surface area (Å²) in [6, 6.07) is 11.3. The number of nitrogens with zero attached hydrogens (tertiary/aromatic N) is 3. The molecule has 0 saturated heterocycles. The summed E-state index contributed by atoms with van der Waals surface area (Å²) in [4.78, 5) is 24.3. The number of hydrogen-bond donors (Lipinski definition) is 1. The summed E-state index contributed by atoms with van der Waals surface area (Å²) in [6.45, 7) is -0.101. The summed E-state index contributed by atoms with van der Waals surface area (Å²) >= 11 is 0. The van der Waals surface area contributed by atoms with Gasteiger partial charge in [0, 0.05) is 6.42 Å². The van der Waals surface area contributed by atoms with Crippen molar-refractivity contribution in [1.29, 1.82) is 0 Å². The molecule has 0 aliphatic rings. The van der Waals surface area contributed by atoms with Crippen LogP contribution < -0.4 is 10.9 Å². The fraction of sp³-hybridized carbons (Fsp3) is 0.176. The standard InChI is InChI=1S/C17H13F3N4O2/c18-17(19,20)12-6-2-4-8-14(12)21-15(25)9-10-24-16(26)11-5-1-3-7-13(11)22-23-24/h1-8H,9-10H2,(H,21,25). The van der Waals surface area contributed by atoms with Crippen LogP contribution in [0.5, 0.6) is 0 Å². The minimum absolute atomic E-state index is 0.101. The van der Waals surface area contributed by atoms with Crippen molar-refractivity contribution in [1.82, 2.24) is 15.0 Å². The van der Waals surface area contributed by atoms with Gasteiger partial charge in [-0.3, -0.25) is 9.59 Å². The van der Waals surface area contributed by atoms with Gasteiger partial charge in [0.1, 0.15) is 5.52 Å². The first kappa shape index (κ1) is 17.6. The molecule has 0 atom stereocenters. The van der Waals surface area contributed by atoms with Gasteiger partial charge in [-0.2, -0.15) is 13.2 Å². The molecule has 1 heterocycles. The molecule has 1 aromatic heterocycles. The van der Waals surface area contributed by atoms with Gasteiger partial charge in [0.05, 0.1) is 23.2 Å². The highest BCUT2D eigenvalue weighted by Crippen LogP contribution is 2.34. The average molecular weight is 362 g/mol. The first-order valence-electron chi connectivity index (χ1n) is 7.65. The third-order valence-corrected chi connectivity index (χ3v) is 3.69. The van der Waals surface area contributed by atoms with E-state index < -0.39 is 23.2 Å². The Balaban J connectivity index is 1.73. The zero-order chi connectivity index (χ0) is 18.7. The van der Waals surface area contributed by atoms with Crippen LogP contribution >= 0.6 is 0 Å². The van der Waals surface area contributed by atoms with Crippen LogP contribution in [0.2, 0.25) is 0 Å². The summed E-state index contributed by atoms with van der Waals surface area (Å²) in [5.74, 6) is -0.663. The highest BCUT2D eigenvalue weighted by molar-refractivity contribution is 5.91. The molecule has 1 N–H and O–H groups in total. The van der Waals surface area contributed by atoms with Gasteiger partial charge in [-0.1, -0.05) is 29.5 Å². The monoisotopic (exact) mass is 362 g/mol. The maximum Gasteiger partial charge on any atom is 0.418 e. The SMILES string of the molecule is O=C(CCn1nnc2ccccc2c1=O)Nc1ccccc1C(F)(F)F. The molecule has 2 aromatic carbocycles. The van der Waals surface area contributed by atoms with E-state index in [0.717, 1.165) is 10.7 Å². The molecular weight excluding hydrogens is 349 g/mol. The van der Waals surface area contributed by atoms with Crippen LogP contribution in [0.1, 0.15) is 12.0 Å². The van der Waals surface area contributed by atoms with Crippen LogP contribution in [-0.2, 0) is 17.5 Å². The molecule has 134 valence electrons. The van der Waals surface area contributed by atoms with Crippen molar-refractivity contribution in [3.63, 3.8) is 0 Å². The van der Waals surface area contributed by atoms with E-state index in [2.05, 4.69) is 15.6 Å². The van der Waals surface area contributed by atoms with Crippen molar-refractivity contribution in [2.24, 2.45) is 0 Å². The lowest BCUT2D eigenvalue weighted by atomic mass is 10.1. The van der Waals surface area contributed by atoms with E-state index >= 15 is 0 Å². The van der Waals surface area contributed by atoms with E-state index in [4.69, 9.17) is 0 Å². The lowest BCUT2D eigenvalue weighted by Gasteiger charge is -2.13. The van der Waals surface area contributed by atoms with Crippen molar-refractivity contribution in [3.8, 4) is 0 Å². The summed E-state index contributed by atoms with van der Waals surface area (Å²) in [7, 11) is 0. The number of aryl methyl sites for hydroxylation is 1. The van der Waals surface area contributed by atoms with E-state index in [0.29, 0.717) is 10.9 Å². The molecular formula is C17H13F3N4O2. The zero-order valence-corrected chi connectivity index (χ0v) is 13.3. The average Bonchev–Trinajstić information content (AvgIpc) is 2.61. The van der Waals surface area contributed by atoms with Crippen LogP contribution in [0, 0.1) is 0 Å². The van der Waals surface area contributed by atoms with Crippen LogP contribution in [-0.4, -0.2) is 20.9 Å². The zero-order valence-electron chi connectivity index (χ0n) is 13.3. The Bertz CT molecular complexity index is 1010. The van der Waals surface area contributed by atoms with Crippen molar-refractivity contribution in [3.05, 3.63) is 64.4 Å². The summed E-state index contributed by atoms with van der Waals surface area (Å²) < 4.78 is 39.8. The molecule has 26 heavy (non-hydrogen) atoms. The smallest absolute Gasteiger partial charge is 0.325 e. The molecule has 3 aromatic rings. The number of halogens is 3. The quantitative estimate of drug-likeness (QED) is 0.774. The molecule has 0 fully saturated rings. The van der Waals surface area contributed by atoms with Crippen LogP contribution in [0.15, 0.2) is 53.3 Å². The Morgan fingerprint density at radius 2 is 1.77 bits per heavy atom. The van der Waals surface area contributed by atoms with E-state index in [1.165, 1.54) is 18.2 Å². The molecule has 0 saturated carbocycles. The van der Waals surface area contributed by atoms with Crippen LogP contribution in [0.25, 0.3) is 10.9 Å². The maximum atomic E-state index is 12.9. The number of benzene rings is 2.